The molecule has 0 aliphatic carbocycles. The van der Waals surface area contributed by atoms with E-state index in [1.807, 2.05) is 36.7 Å². The fourth-order valence-electron chi connectivity index (χ4n) is 3.19. The Morgan fingerprint density at radius 2 is 1.74 bits per heavy atom. The summed E-state index contributed by atoms with van der Waals surface area (Å²) in [5, 5.41) is 2.10. The first-order chi connectivity index (χ1) is 11.2. The van der Waals surface area contributed by atoms with Gasteiger partial charge in [0, 0.05) is 0 Å². The Bertz CT molecular complexity index is 1070. The summed E-state index contributed by atoms with van der Waals surface area (Å²) < 4.78 is 2.19. The first kappa shape index (κ1) is 14.6. The molecule has 0 amide bonds. The number of aromatic nitrogens is 2. The second kappa shape index (κ2) is 5.56. The van der Waals surface area contributed by atoms with E-state index in [4.69, 9.17) is 0 Å². The van der Waals surface area contributed by atoms with E-state index in [0.717, 1.165) is 33.7 Å². The molecule has 3 nitrogen and oxygen atoms in total. The van der Waals surface area contributed by atoms with Crippen LogP contribution in [0.15, 0.2) is 54.9 Å². The van der Waals surface area contributed by atoms with Crippen molar-refractivity contribution in [2.45, 2.75) is 6.92 Å². The third-order valence-corrected chi connectivity index (χ3v) is 5.97. The summed E-state index contributed by atoms with van der Waals surface area (Å²) >= 11 is 0.711. The van der Waals surface area contributed by atoms with Crippen molar-refractivity contribution in [3.63, 3.8) is 0 Å². The molecule has 108 valence electrons. The minimum absolute atomic E-state index is 0.711. The number of aldehydes is 1. The third kappa shape index (κ3) is 2.22. The SMILES string of the molecule is Cc1c(-c2ccc(C=O)c3ccccc23)ccc2c1nc[n]2[Tl]. The van der Waals surface area contributed by atoms with Gasteiger partial charge < -0.3 is 0 Å². The molecule has 0 unspecified atom stereocenters. The van der Waals surface area contributed by atoms with Crippen molar-refractivity contribution in [1.29, 1.82) is 0 Å². The van der Waals surface area contributed by atoms with Crippen molar-refractivity contribution in [2.75, 3.05) is 0 Å². The van der Waals surface area contributed by atoms with Gasteiger partial charge in [-0.25, -0.2) is 0 Å². The van der Waals surface area contributed by atoms with Gasteiger partial charge in [-0.2, -0.15) is 0 Å². The van der Waals surface area contributed by atoms with Crippen molar-refractivity contribution in [3.05, 3.63) is 66.0 Å². The molecule has 0 saturated carbocycles. The first-order valence-electron chi connectivity index (χ1n) is 7.39. The van der Waals surface area contributed by atoms with Crippen LogP contribution in [0.2, 0.25) is 0 Å². The molecule has 0 spiro atoms. The Morgan fingerprint density at radius 1 is 1.00 bits per heavy atom. The molecule has 4 heteroatoms. The van der Waals surface area contributed by atoms with Gasteiger partial charge in [-0.05, 0) is 0 Å². The molecule has 1 aromatic heterocycles. The van der Waals surface area contributed by atoms with Crippen LogP contribution in [-0.2, 0) is 0 Å². The van der Waals surface area contributed by atoms with Crippen LogP contribution in [-0.4, -0.2) is 39.7 Å². The molecule has 23 heavy (non-hydrogen) atoms. The number of nitrogens with zero attached hydrogens (tertiary/aromatic N) is 2. The Kier molecular flexibility index (Phi) is 3.52. The second-order valence-corrected chi connectivity index (χ2v) is 7.79. The summed E-state index contributed by atoms with van der Waals surface area (Å²) in [6, 6.07) is 16.3. The Morgan fingerprint density at radius 3 is 2.52 bits per heavy atom. The van der Waals surface area contributed by atoms with E-state index < -0.39 is 0 Å². The molecule has 1 heterocycles. The zero-order valence-corrected chi connectivity index (χ0v) is 17.1. The summed E-state index contributed by atoms with van der Waals surface area (Å²) in [4.78, 5) is 15.9. The standard InChI is InChI=1S/C19H14N2O.Tl/c1-12-14(8-9-18-19(12)21-11-20-18)17-7-6-13(10-22)15-4-2-3-5-16(15)17;/h2-11H,1H3,(H,20,21,22);/q;+1/p-1. The third-order valence-electron chi connectivity index (χ3n) is 4.37. The van der Waals surface area contributed by atoms with Gasteiger partial charge in [0.25, 0.3) is 0 Å². The van der Waals surface area contributed by atoms with Crippen LogP contribution < -0.4 is 0 Å². The summed E-state index contributed by atoms with van der Waals surface area (Å²) in [7, 11) is 0. The fourth-order valence-corrected chi connectivity index (χ4v) is 4.26. The van der Waals surface area contributed by atoms with E-state index in [2.05, 4.69) is 32.5 Å². The molecular formula is C19H13N2OTl. The average Bonchev–Trinajstić information content (AvgIpc) is 2.97. The number of fused-ring (bicyclic) bond motifs is 2. The van der Waals surface area contributed by atoms with Crippen molar-refractivity contribution in [1.82, 2.24) is 7.36 Å². The number of imidazole rings is 1. The van der Waals surface area contributed by atoms with E-state index in [0.29, 0.717) is 26.1 Å². The summed E-state index contributed by atoms with van der Waals surface area (Å²) in [5.74, 6) is 0. The molecule has 0 fully saturated rings. The minimum atomic E-state index is 0.711. The van der Waals surface area contributed by atoms with Crippen molar-refractivity contribution >= 4 is 54.2 Å². The second-order valence-electron chi connectivity index (χ2n) is 5.62. The van der Waals surface area contributed by atoms with Crippen LogP contribution in [0.25, 0.3) is 32.9 Å². The Hall–Kier alpha value is -2.02. The van der Waals surface area contributed by atoms with Crippen LogP contribution in [0.3, 0.4) is 0 Å². The van der Waals surface area contributed by atoms with Crippen LogP contribution in [0, 0.1) is 6.92 Å². The van der Waals surface area contributed by atoms with Gasteiger partial charge in [-0.15, -0.1) is 0 Å². The van der Waals surface area contributed by atoms with E-state index in [-0.39, 0.29) is 0 Å². The summed E-state index contributed by atoms with van der Waals surface area (Å²) in [6.07, 6.45) is 2.84. The molecule has 0 atom stereocenters. The van der Waals surface area contributed by atoms with Crippen molar-refractivity contribution < 1.29 is 4.79 Å². The van der Waals surface area contributed by atoms with Gasteiger partial charge in [-0.3, -0.25) is 0 Å². The molecule has 0 N–H and O–H groups in total. The number of aryl methyl sites for hydroxylation is 1. The van der Waals surface area contributed by atoms with Crippen LogP contribution in [0.5, 0.6) is 0 Å². The summed E-state index contributed by atoms with van der Waals surface area (Å²) in [5.41, 5.74) is 6.50. The predicted molar refractivity (Wildman–Crippen MR) is 94.0 cm³/mol. The van der Waals surface area contributed by atoms with Crippen LogP contribution in [0.1, 0.15) is 15.9 Å². The number of hydrogen-bond acceptors (Lipinski definition) is 2. The van der Waals surface area contributed by atoms with E-state index in [1.165, 1.54) is 16.6 Å². The maximum atomic E-state index is 11.3. The Balaban J connectivity index is 2.07. The zero-order chi connectivity index (χ0) is 16.0. The predicted octanol–water partition coefficient (Wildman–Crippen LogP) is 3.91. The van der Waals surface area contributed by atoms with Gasteiger partial charge in [0.15, 0.2) is 0 Å². The van der Waals surface area contributed by atoms with Crippen LogP contribution in [0.4, 0.5) is 0 Å². The molecule has 4 aromatic rings. The molecular weight excluding hydrogens is 477 g/mol. The summed E-state index contributed by atoms with van der Waals surface area (Å²) in [6.45, 7) is 2.12. The van der Waals surface area contributed by atoms with E-state index >= 15 is 0 Å². The molecule has 0 aliphatic rings. The average molecular weight is 490 g/mol. The molecule has 4 rings (SSSR count). The molecule has 0 bridgehead atoms. The molecule has 0 aliphatic heterocycles. The monoisotopic (exact) mass is 490 g/mol. The van der Waals surface area contributed by atoms with Gasteiger partial charge >= 0.3 is 150 Å². The van der Waals surface area contributed by atoms with E-state index in [9.17, 15) is 4.79 Å². The van der Waals surface area contributed by atoms with Crippen LogP contribution >= 0.6 is 0 Å². The molecule has 0 radical (unpaired) electrons. The van der Waals surface area contributed by atoms with E-state index in [1.54, 1.807) is 0 Å². The number of rotatable bonds is 2. The maximum absolute atomic E-state index is 11.3. The molecule has 0 saturated heterocycles. The number of benzene rings is 3. The Labute approximate surface area is 150 Å². The number of carbonyl (C=O) groups is 1. The quantitative estimate of drug-likeness (QED) is 0.316. The van der Waals surface area contributed by atoms with Crippen molar-refractivity contribution in [2.24, 2.45) is 0 Å². The molecule has 3 aromatic carbocycles. The van der Waals surface area contributed by atoms with Gasteiger partial charge in [0.05, 0.1) is 0 Å². The fraction of sp³-hybridized carbons (Fsp3) is 0.0526. The van der Waals surface area contributed by atoms with Gasteiger partial charge in [0.2, 0.25) is 0 Å². The van der Waals surface area contributed by atoms with Crippen molar-refractivity contribution in [3.8, 4) is 11.1 Å². The first-order valence-corrected chi connectivity index (χ1v) is 9.40. The number of carbonyl (C=O) groups excluding carboxylic acids is 1. The van der Waals surface area contributed by atoms with Gasteiger partial charge in [-0.1, -0.05) is 0 Å². The zero-order valence-electron chi connectivity index (χ0n) is 12.7. The number of hydrogen-bond donors (Lipinski definition) is 0. The normalized spacial score (nSPS) is 11.1. The topological polar surface area (TPSA) is 34.9 Å². The van der Waals surface area contributed by atoms with Gasteiger partial charge in [0.1, 0.15) is 0 Å².